The molecule has 5 nitrogen and oxygen atoms in total. The molecule has 0 aliphatic carbocycles. The van der Waals surface area contributed by atoms with Crippen molar-refractivity contribution >= 4 is 28.9 Å². The van der Waals surface area contributed by atoms with E-state index in [-0.39, 0.29) is 5.69 Å². The Morgan fingerprint density at radius 3 is 2.54 bits per heavy atom. The number of aryl methyl sites for hydroxylation is 1. The molecule has 0 saturated heterocycles. The van der Waals surface area contributed by atoms with Crippen LogP contribution in [0.2, 0.25) is 0 Å². The molecule has 132 valence electrons. The summed E-state index contributed by atoms with van der Waals surface area (Å²) in [6.07, 6.45) is 0. The van der Waals surface area contributed by atoms with Gasteiger partial charge in [-0.3, -0.25) is 4.79 Å². The number of hydrogen-bond acceptors (Lipinski definition) is 5. The van der Waals surface area contributed by atoms with Crippen molar-refractivity contribution in [3.63, 3.8) is 0 Å². The highest BCUT2D eigenvalue weighted by molar-refractivity contribution is 7.14. The number of rotatable bonds is 5. The van der Waals surface area contributed by atoms with E-state index in [2.05, 4.69) is 10.3 Å². The molecule has 0 spiro atoms. The molecule has 1 aromatic heterocycles. The normalized spacial score (nSPS) is 10.4. The van der Waals surface area contributed by atoms with Crippen molar-refractivity contribution in [3.8, 4) is 11.3 Å². The largest absolute Gasteiger partial charge is 0.451 e. The maximum absolute atomic E-state index is 13.5. The van der Waals surface area contributed by atoms with Crippen LogP contribution in [-0.4, -0.2) is 23.5 Å². The number of anilines is 1. The summed E-state index contributed by atoms with van der Waals surface area (Å²) in [5.74, 6) is -1.82. The molecule has 0 radical (unpaired) electrons. The van der Waals surface area contributed by atoms with Crippen LogP contribution in [0, 0.1) is 12.7 Å². The minimum Gasteiger partial charge on any atom is -0.451 e. The summed E-state index contributed by atoms with van der Waals surface area (Å²) in [5, 5.41) is 3.08. The zero-order valence-electron chi connectivity index (χ0n) is 13.9. The van der Waals surface area contributed by atoms with Crippen LogP contribution in [0.25, 0.3) is 11.3 Å². The molecule has 0 saturated carbocycles. The van der Waals surface area contributed by atoms with E-state index in [1.54, 1.807) is 13.0 Å². The Bertz CT molecular complexity index is 941. The fourth-order valence-corrected chi connectivity index (χ4v) is 3.14. The Balaban J connectivity index is 1.68. The maximum Gasteiger partial charge on any atom is 0.351 e. The van der Waals surface area contributed by atoms with Gasteiger partial charge in [0.1, 0.15) is 10.7 Å². The minimum absolute atomic E-state index is 0.0344. The van der Waals surface area contributed by atoms with Crippen LogP contribution in [0.5, 0.6) is 0 Å². The second-order valence-corrected chi connectivity index (χ2v) is 6.58. The number of nitrogens with one attached hydrogen (secondary N) is 1. The van der Waals surface area contributed by atoms with Gasteiger partial charge in [0.2, 0.25) is 0 Å². The van der Waals surface area contributed by atoms with E-state index in [1.165, 1.54) is 29.5 Å². The second kappa shape index (κ2) is 7.88. The standard InChI is InChI=1S/C19H15FN2O3S/c1-12-21-17(13-7-3-2-4-8-13)18(26-12)19(24)25-11-16(23)22-15-10-6-5-9-14(15)20/h2-10H,11H2,1H3,(H,22,23). The van der Waals surface area contributed by atoms with Crippen LogP contribution >= 0.6 is 11.3 Å². The highest BCUT2D eigenvalue weighted by atomic mass is 32.1. The monoisotopic (exact) mass is 370 g/mol. The number of thiazole rings is 1. The number of esters is 1. The molecule has 7 heteroatoms. The van der Waals surface area contributed by atoms with Gasteiger partial charge >= 0.3 is 5.97 Å². The number of ether oxygens (including phenoxy) is 1. The Morgan fingerprint density at radius 1 is 1.12 bits per heavy atom. The van der Waals surface area contributed by atoms with Crippen LogP contribution in [0.3, 0.4) is 0 Å². The quantitative estimate of drug-likeness (QED) is 0.688. The summed E-state index contributed by atoms with van der Waals surface area (Å²) in [5.41, 5.74) is 1.35. The summed E-state index contributed by atoms with van der Waals surface area (Å²) in [6.45, 7) is 1.27. The van der Waals surface area contributed by atoms with E-state index in [4.69, 9.17) is 4.74 Å². The highest BCUT2D eigenvalue weighted by Gasteiger charge is 2.20. The molecule has 0 fully saturated rings. The minimum atomic E-state index is -0.641. The number of nitrogens with zero attached hydrogens (tertiary/aromatic N) is 1. The molecule has 3 aromatic rings. The smallest absolute Gasteiger partial charge is 0.351 e. The first-order valence-electron chi connectivity index (χ1n) is 7.79. The third-order valence-electron chi connectivity index (χ3n) is 3.45. The molecule has 2 aromatic carbocycles. The SMILES string of the molecule is Cc1nc(-c2ccccc2)c(C(=O)OCC(=O)Nc2ccccc2F)s1. The van der Waals surface area contributed by atoms with E-state index < -0.39 is 24.3 Å². The van der Waals surface area contributed by atoms with Gasteiger partial charge in [-0.25, -0.2) is 14.2 Å². The lowest BCUT2D eigenvalue weighted by Gasteiger charge is -2.07. The molecule has 0 atom stereocenters. The number of hydrogen-bond donors (Lipinski definition) is 1. The molecular weight excluding hydrogens is 355 g/mol. The molecule has 3 rings (SSSR count). The molecule has 0 unspecified atom stereocenters. The van der Waals surface area contributed by atoms with Gasteiger partial charge in [-0.15, -0.1) is 11.3 Å². The fourth-order valence-electron chi connectivity index (χ4n) is 2.30. The Labute approximate surface area is 153 Å². The van der Waals surface area contributed by atoms with E-state index in [0.717, 1.165) is 5.56 Å². The molecule has 1 heterocycles. The topological polar surface area (TPSA) is 68.3 Å². The van der Waals surface area contributed by atoms with Crippen LogP contribution in [0.15, 0.2) is 54.6 Å². The first-order chi connectivity index (χ1) is 12.5. The summed E-state index contributed by atoms with van der Waals surface area (Å²) in [6, 6.07) is 15.0. The molecule has 1 amide bonds. The number of halogens is 1. The fraction of sp³-hybridized carbons (Fsp3) is 0.105. The van der Waals surface area contributed by atoms with Gasteiger partial charge in [-0.1, -0.05) is 42.5 Å². The second-order valence-electron chi connectivity index (χ2n) is 5.38. The summed E-state index contributed by atoms with van der Waals surface area (Å²) in [4.78, 5) is 29.0. The number of carbonyl (C=O) groups excluding carboxylic acids is 2. The maximum atomic E-state index is 13.5. The van der Waals surface area contributed by atoms with Crippen molar-refractivity contribution in [1.29, 1.82) is 0 Å². The zero-order valence-corrected chi connectivity index (χ0v) is 14.7. The number of benzene rings is 2. The van der Waals surface area contributed by atoms with Crippen molar-refractivity contribution in [2.45, 2.75) is 6.92 Å². The van der Waals surface area contributed by atoms with Gasteiger partial charge < -0.3 is 10.1 Å². The predicted octanol–water partition coefficient (Wildman–Crippen LogP) is 4.05. The van der Waals surface area contributed by atoms with Crippen LogP contribution in [0.4, 0.5) is 10.1 Å². The van der Waals surface area contributed by atoms with Gasteiger partial charge in [0.25, 0.3) is 5.91 Å². The van der Waals surface area contributed by atoms with Crippen molar-refractivity contribution < 1.29 is 18.7 Å². The lowest BCUT2D eigenvalue weighted by molar-refractivity contribution is -0.119. The first-order valence-corrected chi connectivity index (χ1v) is 8.60. The number of carbonyl (C=O) groups is 2. The molecule has 0 aliphatic rings. The van der Waals surface area contributed by atoms with Crippen molar-refractivity contribution in [1.82, 2.24) is 4.98 Å². The summed E-state index contributed by atoms with van der Waals surface area (Å²) >= 11 is 1.20. The highest BCUT2D eigenvalue weighted by Crippen LogP contribution is 2.28. The van der Waals surface area contributed by atoms with Crippen molar-refractivity contribution in [2.24, 2.45) is 0 Å². The molecule has 1 N–H and O–H groups in total. The Kier molecular flexibility index (Phi) is 5.38. The van der Waals surface area contributed by atoms with Gasteiger partial charge in [-0.05, 0) is 19.1 Å². The van der Waals surface area contributed by atoms with Gasteiger partial charge in [0.15, 0.2) is 6.61 Å². The third-order valence-corrected chi connectivity index (χ3v) is 4.40. The van der Waals surface area contributed by atoms with Gasteiger partial charge in [0.05, 0.1) is 16.4 Å². The number of aromatic nitrogens is 1. The number of para-hydroxylation sites is 1. The van der Waals surface area contributed by atoms with Gasteiger partial charge in [-0.2, -0.15) is 0 Å². The lowest BCUT2D eigenvalue weighted by atomic mass is 10.1. The van der Waals surface area contributed by atoms with E-state index >= 15 is 0 Å². The van der Waals surface area contributed by atoms with E-state index in [0.29, 0.717) is 15.6 Å². The lowest BCUT2D eigenvalue weighted by Crippen LogP contribution is -2.21. The average molecular weight is 370 g/mol. The van der Waals surface area contributed by atoms with Crippen molar-refractivity contribution in [3.05, 3.63) is 70.3 Å². The Hall–Kier alpha value is -3.06. The van der Waals surface area contributed by atoms with Crippen LogP contribution < -0.4 is 5.32 Å². The third kappa shape index (κ3) is 4.12. The molecule has 0 bridgehead atoms. The summed E-state index contributed by atoms with van der Waals surface area (Å²) in [7, 11) is 0. The molecule has 0 aliphatic heterocycles. The molecule has 26 heavy (non-hydrogen) atoms. The molecular formula is C19H15FN2O3S. The van der Waals surface area contributed by atoms with Crippen LogP contribution in [0.1, 0.15) is 14.7 Å². The Morgan fingerprint density at radius 2 is 1.81 bits per heavy atom. The zero-order chi connectivity index (χ0) is 18.5. The average Bonchev–Trinajstić information content (AvgIpc) is 3.04. The summed E-state index contributed by atoms with van der Waals surface area (Å²) < 4.78 is 18.6. The predicted molar refractivity (Wildman–Crippen MR) is 97.6 cm³/mol. The van der Waals surface area contributed by atoms with E-state index in [9.17, 15) is 14.0 Å². The van der Waals surface area contributed by atoms with Crippen LogP contribution in [-0.2, 0) is 9.53 Å². The number of amides is 1. The first kappa shape index (κ1) is 17.8. The van der Waals surface area contributed by atoms with Gasteiger partial charge in [0, 0.05) is 5.56 Å². The van der Waals surface area contributed by atoms with E-state index in [1.807, 2.05) is 30.3 Å². The van der Waals surface area contributed by atoms with Crippen molar-refractivity contribution in [2.75, 3.05) is 11.9 Å².